The van der Waals surface area contributed by atoms with E-state index in [1.807, 2.05) is 6.07 Å². The smallest absolute Gasteiger partial charge is 0.141 e. The summed E-state index contributed by atoms with van der Waals surface area (Å²) < 4.78 is 20.6. The van der Waals surface area contributed by atoms with Gasteiger partial charge in [0.05, 0.1) is 22.4 Å². The highest BCUT2D eigenvalue weighted by Crippen LogP contribution is 2.26. The van der Waals surface area contributed by atoms with E-state index in [1.54, 1.807) is 36.7 Å². The topological polar surface area (TPSA) is 52.8 Å². The van der Waals surface area contributed by atoms with E-state index in [2.05, 4.69) is 15.3 Å². The molecule has 0 fully saturated rings. The summed E-state index contributed by atoms with van der Waals surface area (Å²) >= 11 is 11.8. The minimum atomic E-state index is -0.483. The van der Waals surface area contributed by atoms with Gasteiger partial charge in [-0.25, -0.2) is 9.07 Å². The van der Waals surface area contributed by atoms with Crippen molar-refractivity contribution in [2.24, 2.45) is 0 Å². The Balaban J connectivity index is 1.54. The minimum Gasteiger partial charge on any atom is -0.486 e. The van der Waals surface area contributed by atoms with E-state index in [9.17, 15) is 4.39 Å². The Morgan fingerprint density at radius 1 is 1.08 bits per heavy atom. The normalized spacial score (nSPS) is 11.0. The van der Waals surface area contributed by atoms with Crippen LogP contribution in [-0.4, -0.2) is 20.0 Å². The zero-order valence-electron chi connectivity index (χ0n) is 13.2. The second kappa shape index (κ2) is 6.90. The second-order valence-corrected chi connectivity index (χ2v) is 6.36. The molecule has 0 aliphatic carbocycles. The number of hydrogen-bond donors (Lipinski definition) is 0. The van der Waals surface area contributed by atoms with Gasteiger partial charge in [0.2, 0.25) is 0 Å². The molecule has 0 aliphatic rings. The molecule has 0 saturated carbocycles. The maximum atomic E-state index is 13.3. The summed E-state index contributed by atoms with van der Waals surface area (Å²) in [7, 11) is 0. The number of halogens is 3. The zero-order valence-corrected chi connectivity index (χ0v) is 14.7. The average molecular weight is 389 g/mol. The predicted molar refractivity (Wildman–Crippen MR) is 97.4 cm³/mol. The van der Waals surface area contributed by atoms with E-state index in [4.69, 9.17) is 27.9 Å². The van der Waals surface area contributed by atoms with Crippen molar-refractivity contribution in [3.05, 3.63) is 76.4 Å². The molecule has 4 rings (SSSR count). The molecule has 8 heteroatoms. The van der Waals surface area contributed by atoms with Gasteiger partial charge in [0.25, 0.3) is 0 Å². The summed E-state index contributed by atoms with van der Waals surface area (Å²) in [5.41, 5.74) is 1.98. The Labute approximate surface area is 157 Å². The van der Waals surface area contributed by atoms with Gasteiger partial charge in [-0.05, 0) is 42.5 Å². The van der Waals surface area contributed by atoms with Crippen LogP contribution in [0, 0.1) is 5.82 Å². The van der Waals surface area contributed by atoms with Crippen LogP contribution in [0.3, 0.4) is 0 Å². The highest BCUT2D eigenvalue weighted by Gasteiger charge is 2.08. The lowest BCUT2D eigenvalue weighted by Crippen LogP contribution is -1.97. The van der Waals surface area contributed by atoms with Crippen molar-refractivity contribution in [2.45, 2.75) is 6.61 Å². The average Bonchev–Trinajstić information content (AvgIpc) is 3.11. The lowest BCUT2D eigenvalue weighted by molar-refractivity contribution is 0.304. The summed E-state index contributed by atoms with van der Waals surface area (Å²) in [6.45, 7) is 0.219. The fourth-order valence-corrected chi connectivity index (χ4v) is 2.83. The lowest BCUT2D eigenvalue weighted by Gasteiger charge is -2.07. The quantitative estimate of drug-likeness (QED) is 0.501. The van der Waals surface area contributed by atoms with Gasteiger partial charge in [0.1, 0.15) is 23.9 Å². The van der Waals surface area contributed by atoms with E-state index in [1.165, 1.54) is 16.8 Å². The third-order valence-electron chi connectivity index (χ3n) is 3.75. The van der Waals surface area contributed by atoms with Crippen molar-refractivity contribution in [1.29, 1.82) is 0 Å². The highest BCUT2D eigenvalue weighted by molar-refractivity contribution is 6.31. The zero-order chi connectivity index (χ0) is 18.1. The maximum Gasteiger partial charge on any atom is 0.141 e. The van der Waals surface area contributed by atoms with Gasteiger partial charge in [-0.15, -0.1) is 5.10 Å². The number of benzene rings is 2. The largest absolute Gasteiger partial charge is 0.486 e. The van der Waals surface area contributed by atoms with Crippen LogP contribution in [0.15, 0.2) is 54.9 Å². The Hall–Kier alpha value is -2.70. The summed E-state index contributed by atoms with van der Waals surface area (Å²) in [5, 5.41) is 9.58. The minimum absolute atomic E-state index is 0.0257. The Kier molecular flexibility index (Phi) is 4.44. The Bertz CT molecular complexity index is 1100. The Morgan fingerprint density at radius 3 is 2.81 bits per heavy atom. The highest BCUT2D eigenvalue weighted by atomic mass is 35.5. The summed E-state index contributed by atoms with van der Waals surface area (Å²) in [6.07, 6.45) is 3.36. The second-order valence-electron chi connectivity index (χ2n) is 5.51. The lowest BCUT2D eigenvalue weighted by atomic mass is 10.2. The van der Waals surface area contributed by atoms with Gasteiger partial charge in [0, 0.05) is 16.6 Å². The van der Waals surface area contributed by atoms with Gasteiger partial charge >= 0.3 is 0 Å². The molecular formula is C18H11Cl2FN4O. The molecule has 4 aromatic rings. The molecule has 0 radical (unpaired) electrons. The van der Waals surface area contributed by atoms with Crippen molar-refractivity contribution in [3.8, 4) is 11.4 Å². The molecule has 5 nitrogen and oxygen atoms in total. The van der Waals surface area contributed by atoms with Crippen molar-refractivity contribution in [2.75, 3.05) is 0 Å². The molecule has 0 amide bonds. The first-order chi connectivity index (χ1) is 12.6. The number of pyridine rings is 1. The van der Waals surface area contributed by atoms with E-state index in [-0.39, 0.29) is 11.6 Å². The third-order valence-corrected chi connectivity index (χ3v) is 4.27. The van der Waals surface area contributed by atoms with E-state index >= 15 is 0 Å². The molecule has 0 bridgehead atoms. The van der Waals surface area contributed by atoms with Gasteiger partial charge in [-0.2, -0.15) is 0 Å². The molecule has 2 heterocycles. The van der Waals surface area contributed by atoms with Crippen LogP contribution >= 0.6 is 23.2 Å². The summed E-state index contributed by atoms with van der Waals surface area (Å²) in [6, 6.07) is 11.5. The molecule has 0 saturated heterocycles. The fraction of sp³-hybridized carbons (Fsp3) is 0.0556. The van der Waals surface area contributed by atoms with Gasteiger partial charge in [-0.1, -0.05) is 28.4 Å². The number of ether oxygens (including phenoxy) is 1. The molecule has 26 heavy (non-hydrogen) atoms. The van der Waals surface area contributed by atoms with Crippen molar-refractivity contribution in [3.63, 3.8) is 0 Å². The molecule has 0 unspecified atom stereocenters. The van der Waals surface area contributed by atoms with Crippen LogP contribution < -0.4 is 4.74 Å². The number of fused-ring (bicyclic) bond motifs is 1. The number of nitrogens with zero attached hydrogens (tertiary/aromatic N) is 4. The van der Waals surface area contributed by atoms with Crippen LogP contribution in [-0.2, 0) is 6.61 Å². The molecule has 2 aromatic heterocycles. The first-order valence-electron chi connectivity index (χ1n) is 7.64. The summed E-state index contributed by atoms with van der Waals surface area (Å²) in [4.78, 5) is 4.28. The number of rotatable bonds is 4. The van der Waals surface area contributed by atoms with Crippen LogP contribution in [0.2, 0.25) is 10.0 Å². The molecule has 2 aromatic carbocycles. The van der Waals surface area contributed by atoms with Crippen LogP contribution in [0.4, 0.5) is 4.39 Å². The van der Waals surface area contributed by atoms with Crippen LogP contribution in [0.25, 0.3) is 16.6 Å². The van der Waals surface area contributed by atoms with Crippen molar-refractivity contribution in [1.82, 2.24) is 20.0 Å². The predicted octanol–water partition coefficient (Wildman–Crippen LogP) is 4.84. The molecule has 0 spiro atoms. The van der Waals surface area contributed by atoms with Crippen LogP contribution in [0.1, 0.15) is 5.69 Å². The number of aromatic nitrogens is 4. The van der Waals surface area contributed by atoms with Crippen LogP contribution in [0.5, 0.6) is 5.75 Å². The molecular weight excluding hydrogens is 378 g/mol. The molecule has 130 valence electrons. The van der Waals surface area contributed by atoms with E-state index in [0.29, 0.717) is 22.2 Å². The molecule has 0 N–H and O–H groups in total. The Morgan fingerprint density at radius 2 is 1.96 bits per heavy atom. The third kappa shape index (κ3) is 3.34. The monoisotopic (exact) mass is 388 g/mol. The van der Waals surface area contributed by atoms with Gasteiger partial charge in [0.15, 0.2) is 0 Å². The van der Waals surface area contributed by atoms with Crippen molar-refractivity contribution < 1.29 is 9.13 Å². The van der Waals surface area contributed by atoms with Gasteiger partial charge in [-0.3, -0.25) is 4.98 Å². The SMILES string of the molecule is Fc1ccc(-n2cc(COc3ccnc4cc(Cl)ccc34)nn2)cc1Cl. The standard InChI is InChI=1S/C18H11Cl2FN4O/c19-11-1-3-14-17(7-11)22-6-5-18(14)26-10-12-9-25(24-23-12)13-2-4-16(21)15(20)8-13/h1-9H,10H2. The summed E-state index contributed by atoms with van der Waals surface area (Å²) in [5.74, 6) is 0.190. The molecule has 0 atom stereocenters. The fourth-order valence-electron chi connectivity index (χ4n) is 2.49. The number of hydrogen-bond acceptors (Lipinski definition) is 4. The van der Waals surface area contributed by atoms with Gasteiger partial charge < -0.3 is 4.74 Å². The van der Waals surface area contributed by atoms with Crippen molar-refractivity contribution >= 4 is 34.1 Å². The first-order valence-corrected chi connectivity index (χ1v) is 8.39. The molecule has 0 aliphatic heterocycles. The van der Waals surface area contributed by atoms with E-state index in [0.717, 1.165) is 10.9 Å². The van der Waals surface area contributed by atoms with E-state index < -0.39 is 5.82 Å². The maximum absolute atomic E-state index is 13.3. The first kappa shape index (κ1) is 16.8.